The Hall–Kier alpha value is -0.160. The van der Waals surface area contributed by atoms with Crippen LogP contribution in [0.15, 0.2) is 0 Å². The Labute approximate surface area is 79.5 Å². The molecule has 0 aliphatic carbocycles. The molecule has 0 aromatic carbocycles. The molecule has 1 N–H and O–H groups in total. The summed E-state index contributed by atoms with van der Waals surface area (Å²) in [5.41, 5.74) is 3.00. The molecular formula is C9H19NO3. The van der Waals surface area contributed by atoms with Crippen molar-refractivity contribution >= 4 is 0 Å². The molecule has 13 heavy (non-hydrogen) atoms. The minimum atomic E-state index is 0.361. The number of hydrogen-bond acceptors (Lipinski definition) is 4. The highest BCUT2D eigenvalue weighted by Gasteiger charge is 2.21. The van der Waals surface area contributed by atoms with E-state index in [1.54, 1.807) is 7.11 Å². The molecule has 1 aliphatic heterocycles. The number of rotatable bonds is 6. The lowest BCUT2D eigenvalue weighted by atomic mass is 10.0. The molecule has 0 saturated carbocycles. The standard InChI is InChI=1S/C9H19NO3/c1-8(9-3-4-12-7-9)10-13-6-5-11-2/h8-10H,3-7H2,1-2H3. The van der Waals surface area contributed by atoms with Gasteiger partial charge < -0.3 is 9.47 Å². The molecule has 0 amide bonds. The van der Waals surface area contributed by atoms with E-state index in [0.717, 1.165) is 19.6 Å². The zero-order valence-electron chi connectivity index (χ0n) is 8.41. The monoisotopic (exact) mass is 189 g/mol. The van der Waals surface area contributed by atoms with Crippen LogP contribution in [0.1, 0.15) is 13.3 Å². The van der Waals surface area contributed by atoms with Crippen molar-refractivity contribution in [2.75, 3.05) is 33.5 Å². The molecule has 1 heterocycles. The molecule has 1 saturated heterocycles. The summed E-state index contributed by atoms with van der Waals surface area (Å²) in [6, 6.07) is 0.361. The molecule has 0 radical (unpaired) electrons. The van der Waals surface area contributed by atoms with Crippen molar-refractivity contribution in [3.05, 3.63) is 0 Å². The first kappa shape index (κ1) is 10.9. The van der Waals surface area contributed by atoms with Gasteiger partial charge in [-0.2, -0.15) is 5.48 Å². The van der Waals surface area contributed by atoms with Crippen molar-refractivity contribution in [1.82, 2.24) is 5.48 Å². The SMILES string of the molecule is COCCONC(C)C1CCOC1. The molecule has 2 unspecified atom stereocenters. The first-order chi connectivity index (χ1) is 6.34. The topological polar surface area (TPSA) is 39.7 Å². The van der Waals surface area contributed by atoms with Crippen LogP contribution in [-0.2, 0) is 14.3 Å². The van der Waals surface area contributed by atoms with Crippen LogP contribution in [0.3, 0.4) is 0 Å². The predicted octanol–water partition coefficient (Wildman–Crippen LogP) is 0.579. The van der Waals surface area contributed by atoms with Gasteiger partial charge in [-0.1, -0.05) is 0 Å². The van der Waals surface area contributed by atoms with Gasteiger partial charge >= 0.3 is 0 Å². The smallest absolute Gasteiger partial charge is 0.0915 e. The predicted molar refractivity (Wildman–Crippen MR) is 49.4 cm³/mol. The van der Waals surface area contributed by atoms with Gasteiger partial charge in [0.25, 0.3) is 0 Å². The molecule has 0 spiro atoms. The van der Waals surface area contributed by atoms with Gasteiger partial charge in [-0.3, -0.25) is 4.84 Å². The Morgan fingerprint density at radius 2 is 2.38 bits per heavy atom. The van der Waals surface area contributed by atoms with E-state index in [1.807, 2.05) is 0 Å². The van der Waals surface area contributed by atoms with E-state index >= 15 is 0 Å². The number of nitrogens with one attached hydrogen (secondary N) is 1. The van der Waals surface area contributed by atoms with Crippen LogP contribution in [0.4, 0.5) is 0 Å². The maximum atomic E-state index is 5.29. The summed E-state index contributed by atoms with van der Waals surface area (Å²) in [6.07, 6.45) is 1.13. The van der Waals surface area contributed by atoms with Crippen molar-refractivity contribution in [1.29, 1.82) is 0 Å². The fourth-order valence-corrected chi connectivity index (χ4v) is 1.36. The maximum Gasteiger partial charge on any atom is 0.0915 e. The quantitative estimate of drug-likeness (QED) is 0.490. The van der Waals surface area contributed by atoms with Crippen LogP contribution in [0.25, 0.3) is 0 Å². The van der Waals surface area contributed by atoms with Crippen molar-refractivity contribution in [2.45, 2.75) is 19.4 Å². The van der Waals surface area contributed by atoms with Crippen molar-refractivity contribution < 1.29 is 14.3 Å². The normalized spacial score (nSPS) is 24.9. The lowest BCUT2D eigenvalue weighted by Gasteiger charge is -2.18. The van der Waals surface area contributed by atoms with Gasteiger partial charge in [-0.25, -0.2) is 0 Å². The number of hydrogen-bond donors (Lipinski definition) is 1. The van der Waals surface area contributed by atoms with Crippen LogP contribution in [-0.4, -0.2) is 39.6 Å². The zero-order valence-corrected chi connectivity index (χ0v) is 8.41. The third-order valence-electron chi connectivity index (χ3n) is 2.33. The molecule has 0 aromatic heterocycles. The second-order valence-electron chi connectivity index (χ2n) is 3.37. The van der Waals surface area contributed by atoms with E-state index in [-0.39, 0.29) is 0 Å². The van der Waals surface area contributed by atoms with Crippen LogP contribution in [0.5, 0.6) is 0 Å². The first-order valence-corrected chi connectivity index (χ1v) is 4.78. The molecule has 1 rings (SSSR count). The minimum absolute atomic E-state index is 0.361. The lowest BCUT2D eigenvalue weighted by molar-refractivity contribution is -0.0198. The molecule has 1 fully saturated rings. The summed E-state index contributed by atoms with van der Waals surface area (Å²) >= 11 is 0. The second-order valence-corrected chi connectivity index (χ2v) is 3.37. The largest absolute Gasteiger partial charge is 0.382 e. The number of methoxy groups -OCH3 is 1. The van der Waals surface area contributed by atoms with Crippen molar-refractivity contribution in [2.24, 2.45) is 5.92 Å². The van der Waals surface area contributed by atoms with E-state index in [0.29, 0.717) is 25.2 Å². The first-order valence-electron chi connectivity index (χ1n) is 4.78. The Morgan fingerprint density at radius 3 is 3.00 bits per heavy atom. The van der Waals surface area contributed by atoms with Gasteiger partial charge in [0.05, 0.1) is 19.8 Å². The van der Waals surface area contributed by atoms with Crippen LogP contribution < -0.4 is 5.48 Å². The molecule has 4 nitrogen and oxygen atoms in total. The van der Waals surface area contributed by atoms with Gasteiger partial charge in [0.15, 0.2) is 0 Å². The van der Waals surface area contributed by atoms with E-state index < -0.39 is 0 Å². The molecule has 2 atom stereocenters. The van der Waals surface area contributed by atoms with E-state index in [1.165, 1.54) is 0 Å². The summed E-state index contributed by atoms with van der Waals surface area (Å²) < 4.78 is 10.1. The molecule has 0 aromatic rings. The average molecular weight is 189 g/mol. The van der Waals surface area contributed by atoms with Crippen molar-refractivity contribution in [3.8, 4) is 0 Å². The average Bonchev–Trinajstić information content (AvgIpc) is 2.65. The van der Waals surface area contributed by atoms with Crippen LogP contribution in [0, 0.1) is 5.92 Å². The zero-order chi connectivity index (χ0) is 9.52. The van der Waals surface area contributed by atoms with Gasteiger partial charge in [0.2, 0.25) is 0 Å². The fraction of sp³-hybridized carbons (Fsp3) is 1.00. The highest BCUT2D eigenvalue weighted by Crippen LogP contribution is 2.15. The maximum absolute atomic E-state index is 5.29. The molecular weight excluding hydrogens is 170 g/mol. The third kappa shape index (κ3) is 4.04. The summed E-state index contributed by atoms with van der Waals surface area (Å²) in [5.74, 6) is 0.586. The molecule has 4 heteroatoms. The number of ether oxygens (including phenoxy) is 2. The van der Waals surface area contributed by atoms with Gasteiger partial charge in [-0.05, 0) is 13.3 Å². The van der Waals surface area contributed by atoms with Crippen LogP contribution >= 0.6 is 0 Å². The fourth-order valence-electron chi connectivity index (χ4n) is 1.36. The summed E-state index contributed by atoms with van der Waals surface area (Å²) in [5, 5.41) is 0. The Balaban J connectivity index is 1.99. The molecule has 1 aliphatic rings. The van der Waals surface area contributed by atoms with E-state index in [9.17, 15) is 0 Å². The summed E-state index contributed by atoms with van der Waals surface area (Å²) in [4.78, 5) is 5.22. The summed E-state index contributed by atoms with van der Waals surface area (Å²) in [6.45, 7) is 5.07. The lowest BCUT2D eigenvalue weighted by Crippen LogP contribution is -2.34. The Bertz CT molecular complexity index is 126. The molecule has 78 valence electrons. The third-order valence-corrected chi connectivity index (χ3v) is 2.33. The number of hydroxylamine groups is 1. The highest BCUT2D eigenvalue weighted by molar-refractivity contribution is 4.72. The highest BCUT2D eigenvalue weighted by atomic mass is 16.7. The molecule has 0 bridgehead atoms. The van der Waals surface area contributed by atoms with Gasteiger partial charge in [-0.15, -0.1) is 0 Å². The van der Waals surface area contributed by atoms with E-state index in [4.69, 9.17) is 14.3 Å². The Morgan fingerprint density at radius 1 is 1.54 bits per heavy atom. The Kier molecular flexibility index (Phi) is 5.31. The second kappa shape index (κ2) is 6.32. The van der Waals surface area contributed by atoms with Gasteiger partial charge in [0.1, 0.15) is 0 Å². The van der Waals surface area contributed by atoms with Crippen molar-refractivity contribution in [3.63, 3.8) is 0 Å². The van der Waals surface area contributed by atoms with Gasteiger partial charge in [0, 0.05) is 25.7 Å². The summed E-state index contributed by atoms with van der Waals surface area (Å²) in [7, 11) is 1.66. The van der Waals surface area contributed by atoms with E-state index in [2.05, 4.69) is 12.4 Å². The van der Waals surface area contributed by atoms with Crippen LogP contribution in [0.2, 0.25) is 0 Å². The minimum Gasteiger partial charge on any atom is -0.382 e.